The topological polar surface area (TPSA) is 81.3 Å². The third kappa shape index (κ3) is 3.23. The van der Waals surface area contributed by atoms with Crippen LogP contribution in [0.4, 0.5) is 5.69 Å². The van der Waals surface area contributed by atoms with Crippen LogP contribution in [0.2, 0.25) is 0 Å². The van der Waals surface area contributed by atoms with Crippen molar-refractivity contribution in [1.82, 2.24) is 9.97 Å². The molecular weight excluding hydrogens is 290 g/mol. The minimum atomic E-state index is 0.200. The number of nitrogens with two attached hydrogens (primary N) is 1. The van der Waals surface area contributed by atoms with Crippen LogP contribution in [0.25, 0.3) is 11.3 Å². The second-order valence-electron chi connectivity index (χ2n) is 5.16. The molecule has 5 heteroatoms. The van der Waals surface area contributed by atoms with Crippen LogP contribution in [-0.4, -0.2) is 22.2 Å². The maximum Gasteiger partial charge on any atom is 0.141 e. The Hall–Kier alpha value is -3.08. The van der Waals surface area contributed by atoms with Gasteiger partial charge in [0, 0.05) is 17.7 Å². The summed E-state index contributed by atoms with van der Waals surface area (Å²) >= 11 is 0. The molecule has 0 amide bonds. The number of phenols is 1. The van der Waals surface area contributed by atoms with Gasteiger partial charge >= 0.3 is 0 Å². The first kappa shape index (κ1) is 14.8. The van der Waals surface area contributed by atoms with Crippen molar-refractivity contribution < 1.29 is 9.84 Å². The van der Waals surface area contributed by atoms with Crippen LogP contribution in [0, 0.1) is 0 Å². The fraction of sp³-hybridized carbons (Fsp3) is 0.111. The highest BCUT2D eigenvalue weighted by molar-refractivity contribution is 5.66. The van der Waals surface area contributed by atoms with Crippen molar-refractivity contribution in [3.8, 4) is 22.8 Å². The predicted octanol–water partition coefficient (Wildman–Crippen LogP) is 3.03. The van der Waals surface area contributed by atoms with Gasteiger partial charge in [0.15, 0.2) is 0 Å². The van der Waals surface area contributed by atoms with Gasteiger partial charge in [-0.1, -0.05) is 18.2 Å². The van der Waals surface area contributed by atoms with E-state index in [0.29, 0.717) is 29.1 Å². The highest BCUT2D eigenvalue weighted by atomic mass is 16.5. The maximum atomic E-state index is 9.95. The Morgan fingerprint density at radius 3 is 2.65 bits per heavy atom. The first-order valence-electron chi connectivity index (χ1n) is 7.19. The summed E-state index contributed by atoms with van der Waals surface area (Å²) in [4.78, 5) is 8.54. The van der Waals surface area contributed by atoms with Gasteiger partial charge in [-0.2, -0.15) is 0 Å². The SMILES string of the molecule is COc1ccc(Cc2cc(-c3ccccc3O)ncn2)cc1N. The zero-order valence-corrected chi connectivity index (χ0v) is 12.7. The van der Waals surface area contributed by atoms with Crippen LogP contribution in [-0.2, 0) is 6.42 Å². The number of rotatable bonds is 4. The van der Waals surface area contributed by atoms with E-state index < -0.39 is 0 Å². The van der Waals surface area contributed by atoms with Gasteiger partial charge in [0.2, 0.25) is 0 Å². The van der Waals surface area contributed by atoms with Gasteiger partial charge in [0.05, 0.1) is 18.5 Å². The van der Waals surface area contributed by atoms with Crippen LogP contribution in [0.1, 0.15) is 11.3 Å². The molecule has 3 N–H and O–H groups in total. The highest BCUT2D eigenvalue weighted by Crippen LogP contribution is 2.28. The molecule has 0 aliphatic rings. The van der Waals surface area contributed by atoms with E-state index in [2.05, 4.69) is 9.97 Å². The lowest BCUT2D eigenvalue weighted by molar-refractivity contribution is 0.417. The lowest BCUT2D eigenvalue weighted by Gasteiger charge is -2.08. The second kappa shape index (κ2) is 6.36. The minimum absolute atomic E-state index is 0.200. The number of para-hydroxylation sites is 1. The largest absolute Gasteiger partial charge is 0.507 e. The third-order valence-electron chi connectivity index (χ3n) is 3.58. The monoisotopic (exact) mass is 307 g/mol. The number of methoxy groups -OCH3 is 1. The molecule has 116 valence electrons. The highest BCUT2D eigenvalue weighted by Gasteiger charge is 2.08. The number of anilines is 1. The van der Waals surface area contributed by atoms with Gasteiger partial charge in [0.25, 0.3) is 0 Å². The summed E-state index contributed by atoms with van der Waals surface area (Å²) < 4.78 is 5.16. The Morgan fingerprint density at radius 2 is 1.91 bits per heavy atom. The Morgan fingerprint density at radius 1 is 1.09 bits per heavy atom. The number of ether oxygens (including phenoxy) is 1. The van der Waals surface area contributed by atoms with E-state index in [-0.39, 0.29) is 5.75 Å². The molecule has 5 nitrogen and oxygen atoms in total. The molecule has 3 rings (SSSR count). The number of hydrogen-bond acceptors (Lipinski definition) is 5. The molecule has 3 aromatic rings. The zero-order chi connectivity index (χ0) is 16.2. The summed E-state index contributed by atoms with van der Waals surface area (Å²) in [6, 6.07) is 14.7. The molecule has 1 heterocycles. The summed E-state index contributed by atoms with van der Waals surface area (Å²) in [5.74, 6) is 0.858. The van der Waals surface area contributed by atoms with Gasteiger partial charge in [0.1, 0.15) is 17.8 Å². The number of aromatic nitrogens is 2. The molecule has 0 aliphatic heterocycles. The number of aromatic hydroxyl groups is 1. The Balaban J connectivity index is 1.89. The number of phenolic OH excluding ortho intramolecular Hbond substituents is 1. The number of hydrogen-bond donors (Lipinski definition) is 2. The Labute approximate surface area is 134 Å². The van der Waals surface area contributed by atoms with Crippen molar-refractivity contribution >= 4 is 5.69 Å². The standard InChI is InChI=1S/C18H17N3O2/c1-23-18-7-6-12(9-15(18)19)8-13-10-16(21-11-20-13)14-4-2-3-5-17(14)22/h2-7,9-11,22H,8,19H2,1H3. The lowest BCUT2D eigenvalue weighted by Crippen LogP contribution is -1.98. The molecule has 0 saturated carbocycles. The molecule has 1 aromatic heterocycles. The summed E-state index contributed by atoms with van der Waals surface area (Å²) in [6.07, 6.45) is 2.13. The predicted molar refractivity (Wildman–Crippen MR) is 89.3 cm³/mol. The maximum absolute atomic E-state index is 9.95. The van der Waals surface area contributed by atoms with E-state index >= 15 is 0 Å². The van der Waals surface area contributed by atoms with Crippen LogP contribution in [0.5, 0.6) is 11.5 Å². The normalized spacial score (nSPS) is 10.5. The van der Waals surface area contributed by atoms with Gasteiger partial charge in [-0.15, -0.1) is 0 Å². The number of benzene rings is 2. The van der Waals surface area contributed by atoms with Crippen LogP contribution in [0.3, 0.4) is 0 Å². The van der Waals surface area contributed by atoms with E-state index in [1.807, 2.05) is 36.4 Å². The minimum Gasteiger partial charge on any atom is -0.507 e. The second-order valence-corrected chi connectivity index (χ2v) is 5.16. The number of nitrogen functional groups attached to an aromatic ring is 1. The van der Waals surface area contributed by atoms with Crippen molar-refractivity contribution in [3.05, 3.63) is 66.1 Å². The van der Waals surface area contributed by atoms with Crippen LogP contribution in [0.15, 0.2) is 54.9 Å². The fourth-order valence-corrected chi connectivity index (χ4v) is 2.43. The summed E-state index contributed by atoms with van der Waals surface area (Å²) in [7, 11) is 1.59. The molecule has 23 heavy (non-hydrogen) atoms. The van der Waals surface area contributed by atoms with E-state index in [0.717, 1.165) is 11.3 Å². The molecule has 2 aromatic carbocycles. The van der Waals surface area contributed by atoms with Gasteiger partial charge in [-0.25, -0.2) is 9.97 Å². The van der Waals surface area contributed by atoms with Crippen molar-refractivity contribution in [2.75, 3.05) is 12.8 Å². The van der Waals surface area contributed by atoms with Crippen molar-refractivity contribution in [2.45, 2.75) is 6.42 Å². The average Bonchev–Trinajstić information content (AvgIpc) is 2.56. The van der Waals surface area contributed by atoms with Crippen LogP contribution >= 0.6 is 0 Å². The van der Waals surface area contributed by atoms with Crippen molar-refractivity contribution in [3.63, 3.8) is 0 Å². The summed E-state index contributed by atoms with van der Waals surface area (Å²) in [5.41, 5.74) is 9.79. The first-order valence-corrected chi connectivity index (χ1v) is 7.19. The number of nitrogens with zero attached hydrogens (tertiary/aromatic N) is 2. The Bertz CT molecular complexity index is 834. The van der Waals surface area contributed by atoms with Gasteiger partial charge in [-0.3, -0.25) is 0 Å². The van der Waals surface area contributed by atoms with Crippen LogP contribution < -0.4 is 10.5 Å². The molecule has 0 atom stereocenters. The smallest absolute Gasteiger partial charge is 0.141 e. The molecule has 0 aliphatic carbocycles. The first-order chi connectivity index (χ1) is 11.2. The molecule has 0 unspecified atom stereocenters. The van der Waals surface area contributed by atoms with Crippen molar-refractivity contribution in [2.24, 2.45) is 0 Å². The lowest BCUT2D eigenvalue weighted by atomic mass is 10.1. The van der Waals surface area contributed by atoms with Gasteiger partial charge < -0.3 is 15.6 Å². The Kier molecular flexibility index (Phi) is 4.10. The average molecular weight is 307 g/mol. The zero-order valence-electron chi connectivity index (χ0n) is 12.7. The quantitative estimate of drug-likeness (QED) is 0.724. The summed E-state index contributed by atoms with van der Waals surface area (Å²) in [6.45, 7) is 0. The molecule has 0 bridgehead atoms. The molecular formula is C18H17N3O2. The van der Waals surface area contributed by atoms with Crippen molar-refractivity contribution in [1.29, 1.82) is 0 Å². The third-order valence-corrected chi connectivity index (χ3v) is 3.58. The fourth-order valence-electron chi connectivity index (χ4n) is 2.43. The van der Waals surface area contributed by atoms with E-state index in [4.69, 9.17) is 10.5 Å². The van der Waals surface area contributed by atoms with E-state index in [1.54, 1.807) is 19.2 Å². The van der Waals surface area contributed by atoms with Gasteiger partial charge in [-0.05, 0) is 35.9 Å². The summed E-state index contributed by atoms with van der Waals surface area (Å²) in [5, 5.41) is 9.95. The van der Waals surface area contributed by atoms with E-state index in [1.165, 1.54) is 6.33 Å². The molecule has 0 fully saturated rings. The molecule has 0 saturated heterocycles. The van der Waals surface area contributed by atoms with E-state index in [9.17, 15) is 5.11 Å². The molecule has 0 spiro atoms. The molecule has 0 radical (unpaired) electrons.